The molecule has 0 bridgehead atoms. The van der Waals surface area contributed by atoms with E-state index in [1.54, 1.807) is 0 Å². The Morgan fingerprint density at radius 2 is 0.696 bits per heavy atom. The molecule has 0 radical (unpaired) electrons. The van der Waals surface area contributed by atoms with Crippen LogP contribution in [0.3, 0.4) is 0 Å². The molecule has 0 rings (SSSR count). The molecule has 0 heterocycles. The second-order valence-corrected chi connectivity index (χ2v) is 6.28. The normalized spacial score (nSPS) is 10.5. The fraction of sp³-hybridized carbons (Fsp3) is 0.895. The van der Waals surface area contributed by atoms with E-state index in [0.29, 0.717) is 13.2 Å². The Bertz CT molecular complexity index is 261. The lowest BCUT2D eigenvalue weighted by molar-refractivity contribution is -0.142. The molecule has 0 aromatic rings. The number of hydrogen-bond acceptors (Lipinski definition) is 4. The van der Waals surface area contributed by atoms with Crippen molar-refractivity contribution in [3.05, 3.63) is 0 Å². The minimum atomic E-state index is -0.172. The molecule has 0 aliphatic carbocycles. The van der Waals surface area contributed by atoms with Crippen molar-refractivity contribution in [3.63, 3.8) is 0 Å². The second kappa shape index (κ2) is 17.3. The molecule has 4 heteroatoms. The van der Waals surface area contributed by atoms with E-state index < -0.39 is 0 Å². The van der Waals surface area contributed by atoms with Crippen LogP contribution in [-0.4, -0.2) is 25.2 Å². The Hall–Kier alpha value is -1.06. The smallest absolute Gasteiger partial charge is 0.302 e. The lowest BCUT2D eigenvalue weighted by atomic mass is 10.0. The van der Waals surface area contributed by atoms with Crippen LogP contribution in [0.15, 0.2) is 0 Å². The average molecular weight is 328 g/mol. The fourth-order valence-electron chi connectivity index (χ4n) is 2.58. The van der Waals surface area contributed by atoms with Crippen molar-refractivity contribution in [2.24, 2.45) is 0 Å². The molecule has 0 saturated carbocycles. The Morgan fingerprint density at radius 3 is 0.913 bits per heavy atom. The summed E-state index contributed by atoms with van der Waals surface area (Å²) >= 11 is 0. The van der Waals surface area contributed by atoms with Crippen molar-refractivity contribution in [3.8, 4) is 0 Å². The molecule has 0 aromatic carbocycles. The van der Waals surface area contributed by atoms with Crippen LogP contribution in [0.1, 0.15) is 97.3 Å². The summed E-state index contributed by atoms with van der Waals surface area (Å²) in [6, 6.07) is 0. The van der Waals surface area contributed by atoms with E-state index in [2.05, 4.69) is 0 Å². The van der Waals surface area contributed by atoms with Gasteiger partial charge < -0.3 is 9.47 Å². The zero-order valence-corrected chi connectivity index (χ0v) is 15.2. The van der Waals surface area contributed by atoms with Gasteiger partial charge in [0.05, 0.1) is 13.2 Å². The van der Waals surface area contributed by atoms with Crippen molar-refractivity contribution in [1.29, 1.82) is 0 Å². The summed E-state index contributed by atoms with van der Waals surface area (Å²) in [4.78, 5) is 21.2. The first-order valence-electron chi connectivity index (χ1n) is 9.39. The lowest BCUT2D eigenvalue weighted by Gasteiger charge is -2.04. The van der Waals surface area contributed by atoms with Crippen LogP contribution in [0.5, 0.6) is 0 Å². The maximum atomic E-state index is 10.6. The van der Waals surface area contributed by atoms with Gasteiger partial charge in [0.2, 0.25) is 0 Å². The molecule has 23 heavy (non-hydrogen) atoms. The minimum Gasteiger partial charge on any atom is -0.466 e. The molecule has 0 fully saturated rings. The Morgan fingerprint density at radius 1 is 0.478 bits per heavy atom. The van der Waals surface area contributed by atoms with E-state index in [9.17, 15) is 9.59 Å². The van der Waals surface area contributed by atoms with E-state index in [1.165, 1.54) is 84.5 Å². The standard InChI is InChI=1S/C19H36O4/c1-18(20)22-16-14-12-10-8-6-4-3-5-7-9-11-13-15-17-23-19(2)21/h3-17H2,1-2H3. The van der Waals surface area contributed by atoms with Crippen LogP contribution >= 0.6 is 0 Å². The van der Waals surface area contributed by atoms with E-state index in [-0.39, 0.29) is 11.9 Å². The third-order valence-corrected chi connectivity index (χ3v) is 3.90. The number of carbonyl (C=O) groups excluding carboxylic acids is 2. The number of carbonyl (C=O) groups is 2. The monoisotopic (exact) mass is 328 g/mol. The molecular weight excluding hydrogens is 292 g/mol. The fourth-order valence-corrected chi connectivity index (χ4v) is 2.58. The molecule has 0 atom stereocenters. The molecule has 0 saturated heterocycles. The van der Waals surface area contributed by atoms with Crippen LogP contribution < -0.4 is 0 Å². The van der Waals surface area contributed by atoms with Crippen LogP contribution in [0.4, 0.5) is 0 Å². The van der Waals surface area contributed by atoms with Crippen molar-refractivity contribution >= 4 is 11.9 Å². The van der Waals surface area contributed by atoms with Crippen LogP contribution in [0.25, 0.3) is 0 Å². The van der Waals surface area contributed by atoms with Crippen LogP contribution in [0.2, 0.25) is 0 Å². The maximum absolute atomic E-state index is 10.6. The van der Waals surface area contributed by atoms with Gasteiger partial charge in [-0.2, -0.15) is 0 Å². The van der Waals surface area contributed by atoms with Gasteiger partial charge in [-0.25, -0.2) is 0 Å². The van der Waals surface area contributed by atoms with Gasteiger partial charge in [0, 0.05) is 13.8 Å². The van der Waals surface area contributed by atoms with Gasteiger partial charge in [-0.1, -0.05) is 70.6 Å². The largest absolute Gasteiger partial charge is 0.466 e. The second-order valence-electron chi connectivity index (χ2n) is 6.28. The minimum absolute atomic E-state index is 0.172. The predicted octanol–water partition coefficient (Wildman–Crippen LogP) is 5.18. The van der Waals surface area contributed by atoms with Gasteiger partial charge in [0.1, 0.15) is 0 Å². The lowest BCUT2D eigenvalue weighted by Crippen LogP contribution is -2.00. The van der Waals surface area contributed by atoms with Gasteiger partial charge in [-0.3, -0.25) is 9.59 Å². The molecule has 0 unspecified atom stereocenters. The van der Waals surface area contributed by atoms with Gasteiger partial charge in [-0.05, 0) is 12.8 Å². The van der Waals surface area contributed by atoms with Crippen LogP contribution in [0, 0.1) is 0 Å². The highest BCUT2D eigenvalue weighted by Crippen LogP contribution is 2.12. The molecule has 0 amide bonds. The highest BCUT2D eigenvalue weighted by molar-refractivity contribution is 5.66. The summed E-state index contributed by atoms with van der Waals surface area (Å²) in [7, 11) is 0. The summed E-state index contributed by atoms with van der Waals surface area (Å²) < 4.78 is 9.81. The zero-order valence-electron chi connectivity index (χ0n) is 15.2. The summed E-state index contributed by atoms with van der Waals surface area (Å²) in [5.41, 5.74) is 0. The number of rotatable bonds is 16. The summed E-state index contributed by atoms with van der Waals surface area (Å²) in [5, 5.41) is 0. The average Bonchev–Trinajstić information content (AvgIpc) is 2.49. The van der Waals surface area contributed by atoms with Crippen LogP contribution in [-0.2, 0) is 19.1 Å². The first-order chi connectivity index (χ1) is 11.1. The van der Waals surface area contributed by atoms with Gasteiger partial charge in [-0.15, -0.1) is 0 Å². The van der Waals surface area contributed by atoms with E-state index in [1.807, 2.05) is 0 Å². The molecule has 0 spiro atoms. The number of unbranched alkanes of at least 4 members (excludes halogenated alkanes) is 12. The number of esters is 2. The summed E-state index contributed by atoms with van der Waals surface area (Å²) in [6.07, 6.45) is 16.1. The predicted molar refractivity (Wildman–Crippen MR) is 93.3 cm³/mol. The quantitative estimate of drug-likeness (QED) is 0.289. The molecule has 0 aromatic heterocycles. The maximum Gasteiger partial charge on any atom is 0.302 e. The Labute approximate surface area is 142 Å². The van der Waals surface area contributed by atoms with Crippen molar-refractivity contribution in [1.82, 2.24) is 0 Å². The topological polar surface area (TPSA) is 52.6 Å². The third kappa shape index (κ3) is 20.9. The zero-order chi connectivity index (χ0) is 17.2. The first kappa shape index (κ1) is 21.9. The highest BCUT2D eigenvalue weighted by Gasteiger charge is 1.96. The van der Waals surface area contributed by atoms with E-state index >= 15 is 0 Å². The molecule has 0 aliphatic heterocycles. The highest BCUT2D eigenvalue weighted by atomic mass is 16.5. The van der Waals surface area contributed by atoms with Crippen molar-refractivity contribution in [2.75, 3.05) is 13.2 Å². The Kier molecular flexibility index (Phi) is 16.5. The molecule has 0 aliphatic rings. The summed E-state index contributed by atoms with van der Waals surface area (Å²) in [5.74, 6) is -0.344. The number of ether oxygens (including phenoxy) is 2. The molecular formula is C19H36O4. The molecule has 4 nitrogen and oxygen atoms in total. The van der Waals surface area contributed by atoms with Crippen molar-refractivity contribution in [2.45, 2.75) is 97.3 Å². The van der Waals surface area contributed by atoms with E-state index in [4.69, 9.17) is 9.47 Å². The molecule has 136 valence electrons. The van der Waals surface area contributed by atoms with Gasteiger partial charge in [0.15, 0.2) is 0 Å². The number of hydrogen-bond donors (Lipinski definition) is 0. The SMILES string of the molecule is CC(=O)OCCCCCCCCCCCCCCCOC(C)=O. The summed E-state index contributed by atoms with van der Waals surface area (Å²) in [6.45, 7) is 4.08. The van der Waals surface area contributed by atoms with E-state index in [0.717, 1.165) is 12.8 Å². The molecule has 0 N–H and O–H groups in total. The van der Waals surface area contributed by atoms with Gasteiger partial charge >= 0.3 is 11.9 Å². The van der Waals surface area contributed by atoms with Crippen molar-refractivity contribution < 1.29 is 19.1 Å². The first-order valence-corrected chi connectivity index (χ1v) is 9.39. The van der Waals surface area contributed by atoms with Gasteiger partial charge in [0.25, 0.3) is 0 Å². The Balaban J connectivity index is 3.00. The third-order valence-electron chi connectivity index (χ3n) is 3.90.